The fraction of sp³-hybridized carbons (Fsp3) is 0.619. The maximum atomic E-state index is 13.2. The molecule has 6 nitrogen and oxygen atoms in total. The van der Waals surface area contributed by atoms with E-state index in [1.165, 1.54) is 24.8 Å². The molecule has 27 heavy (non-hydrogen) atoms. The fourth-order valence-corrected chi connectivity index (χ4v) is 4.30. The molecule has 0 spiro atoms. The maximum absolute atomic E-state index is 13.2. The third kappa shape index (κ3) is 3.60. The highest BCUT2D eigenvalue weighted by Crippen LogP contribution is 2.28. The van der Waals surface area contributed by atoms with Crippen LogP contribution in [0.15, 0.2) is 24.5 Å². The van der Waals surface area contributed by atoms with Crippen LogP contribution >= 0.6 is 0 Å². The van der Waals surface area contributed by atoms with Gasteiger partial charge in [-0.1, -0.05) is 12.5 Å². The van der Waals surface area contributed by atoms with Crippen LogP contribution in [0.1, 0.15) is 44.5 Å². The van der Waals surface area contributed by atoms with Crippen LogP contribution in [0.2, 0.25) is 0 Å². The summed E-state index contributed by atoms with van der Waals surface area (Å²) in [7, 11) is 0. The van der Waals surface area contributed by atoms with Gasteiger partial charge in [-0.2, -0.15) is 0 Å². The summed E-state index contributed by atoms with van der Waals surface area (Å²) in [6.45, 7) is 9.83. The van der Waals surface area contributed by atoms with Crippen LogP contribution in [0.4, 0.5) is 0 Å². The minimum Gasteiger partial charge on any atom is -0.343 e. The van der Waals surface area contributed by atoms with Gasteiger partial charge in [-0.25, -0.2) is 4.98 Å². The molecule has 2 aromatic rings. The average Bonchev–Trinajstić information content (AvgIpc) is 3.04. The van der Waals surface area contributed by atoms with Crippen molar-refractivity contribution in [3.63, 3.8) is 0 Å². The Balaban J connectivity index is 1.51. The topological polar surface area (TPSA) is 61.7 Å². The van der Waals surface area contributed by atoms with Crippen LogP contribution < -0.4 is 10.6 Å². The molecule has 6 heteroatoms. The predicted octanol–water partition coefficient (Wildman–Crippen LogP) is 2.07. The number of carbonyl (C=O) groups is 1. The standard InChI is InChI=1S/C21H31N5O/c1-15-6-5-10-26-17(15)13-23-20(26)21(2,3)24-19(27)18-12-22-9-11-25(18)14-16-7-4-8-16/h5-6,10,13,16,18,22H,4,7-9,11-12,14H2,1-3H3,(H,24,27)/t18-/m0/s1. The lowest BCUT2D eigenvalue weighted by molar-refractivity contribution is -0.129. The number of aromatic nitrogens is 2. The lowest BCUT2D eigenvalue weighted by Crippen LogP contribution is -2.61. The van der Waals surface area contributed by atoms with Gasteiger partial charge in [0, 0.05) is 32.4 Å². The first-order valence-electron chi connectivity index (χ1n) is 10.2. The molecular formula is C21H31N5O. The summed E-state index contributed by atoms with van der Waals surface area (Å²) in [4.78, 5) is 20.2. The Kier molecular flexibility index (Phi) is 4.95. The molecule has 2 aromatic heterocycles. The van der Waals surface area contributed by atoms with Gasteiger partial charge in [0.25, 0.3) is 0 Å². The highest BCUT2D eigenvalue weighted by atomic mass is 16.2. The summed E-state index contributed by atoms with van der Waals surface area (Å²) in [5, 5.41) is 6.66. The van der Waals surface area contributed by atoms with Gasteiger partial charge in [-0.05, 0) is 51.2 Å². The molecule has 1 aliphatic heterocycles. The Labute approximate surface area is 161 Å². The van der Waals surface area contributed by atoms with Crippen molar-refractivity contribution < 1.29 is 4.79 Å². The molecule has 1 saturated carbocycles. The van der Waals surface area contributed by atoms with Crippen LogP contribution in [-0.2, 0) is 10.3 Å². The van der Waals surface area contributed by atoms with E-state index in [2.05, 4.69) is 37.9 Å². The van der Waals surface area contributed by atoms with Crippen molar-refractivity contribution in [1.29, 1.82) is 0 Å². The molecule has 0 bridgehead atoms. The third-order valence-electron chi connectivity index (χ3n) is 6.15. The number of pyridine rings is 1. The second-order valence-corrected chi connectivity index (χ2v) is 8.65. The van der Waals surface area contributed by atoms with E-state index in [1.54, 1.807) is 0 Å². The number of nitrogens with zero attached hydrogens (tertiary/aromatic N) is 3. The number of aryl methyl sites for hydroxylation is 1. The number of carbonyl (C=O) groups excluding carboxylic acids is 1. The van der Waals surface area contributed by atoms with E-state index in [-0.39, 0.29) is 11.9 Å². The summed E-state index contributed by atoms with van der Waals surface area (Å²) in [5.41, 5.74) is 1.72. The van der Waals surface area contributed by atoms with Gasteiger partial charge in [-0.3, -0.25) is 9.69 Å². The molecule has 1 amide bonds. The Morgan fingerprint density at radius 2 is 2.22 bits per heavy atom. The molecule has 0 unspecified atom stereocenters. The van der Waals surface area contributed by atoms with Crippen LogP contribution in [0.5, 0.6) is 0 Å². The Bertz CT molecular complexity index is 823. The van der Waals surface area contributed by atoms with Crippen molar-refractivity contribution in [3.8, 4) is 0 Å². The van der Waals surface area contributed by atoms with Gasteiger partial charge in [0.15, 0.2) is 0 Å². The Morgan fingerprint density at radius 1 is 1.41 bits per heavy atom. The van der Waals surface area contributed by atoms with Crippen molar-refractivity contribution in [2.75, 3.05) is 26.2 Å². The molecular weight excluding hydrogens is 338 g/mol. The summed E-state index contributed by atoms with van der Waals surface area (Å²) < 4.78 is 2.08. The Morgan fingerprint density at radius 3 is 2.96 bits per heavy atom. The number of fused-ring (bicyclic) bond motifs is 1. The molecule has 2 fully saturated rings. The van der Waals surface area contributed by atoms with Crippen molar-refractivity contribution in [2.24, 2.45) is 5.92 Å². The molecule has 4 rings (SSSR count). The first-order chi connectivity index (χ1) is 13.0. The van der Waals surface area contributed by atoms with Gasteiger partial charge in [0.1, 0.15) is 11.9 Å². The van der Waals surface area contributed by atoms with E-state index >= 15 is 0 Å². The average molecular weight is 370 g/mol. The SMILES string of the molecule is Cc1cccn2c(C(C)(C)NC(=O)[C@@H]3CNCCN3CC3CCC3)ncc12. The van der Waals surface area contributed by atoms with Gasteiger partial charge in [-0.15, -0.1) is 0 Å². The van der Waals surface area contributed by atoms with E-state index in [0.29, 0.717) is 0 Å². The van der Waals surface area contributed by atoms with Gasteiger partial charge >= 0.3 is 0 Å². The van der Waals surface area contributed by atoms with Crippen molar-refractivity contribution in [1.82, 2.24) is 24.9 Å². The number of hydrogen-bond donors (Lipinski definition) is 2. The van der Waals surface area contributed by atoms with Gasteiger partial charge < -0.3 is 15.0 Å². The number of amides is 1. The second-order valence-electron chi connectivity index (χ2n) is 8.65. The Hall–Kier alpha value is -1.92. The summed E-state index contributed by atoms with van der Waals surface area (Å²) in [6, 6.07) is 4.00. The minimum atomic E-state index is -0.545. The molecule has 1 atom stereocenters. The number of piperazine rings is 1. The highest BCUT2D eigenvalue weighted by Gasteiger charge is 2.35. The first kappa shape index (κ1) is 18.4. The zero-order valence-corrected chi connectivity index (χ0v) is 16.7. The number of hydrogen-bond acceptors (Lipinski definition) is 4. The van der Waals surface area contributed by atoms with Crippen molar-refractivity contribution in [2.45, 2.75) is 51.6 Å². The summed E-state index contributed by atoms with van der Waals surface area (Å²) >= 11 is 0. The second kappa shape index (κ2) is 7.24. The molecule has 0 aromatic carbocycles. The van der Waals surface area contributed by atoms with E-state index in [0.717, 1.165) is 43.4 Å². The maximum Gasteiger partial charge on any atom is 0.239 e. The number of nitrogens with one attached hydrogen (secondary N) is 2. The zero-order valence-electron chi connectivity index (χ0n) is 16.7. The summed E-state index contributed by atoms with van der Waals surface area (Å²) in [6.07, 6.45) is 7.87. The molecule has 1 aliphatic carbocycles. The molecule has 2 aliphatic rings. The van der Waals surface area contributed by atoms with Gasteiger partial charge in [0.05, 0.1) is 17.3 Å². The molecule has 3 heterocycles. The molecule has 146 valence electrons. The number of rotatable bonds is 5. The van der Waals surface area contributed by atoms with Crippen molar-refractivity contribution >= 4 is 11.4 Å². The van der Waals surface area contributed by atoms with E-state index in [4.69, 9.17) is 0 Å². The quantitative estimate of drug-likeness (QED) is 0.847. The normalized spacial score (nSPS) is 22.0. The molecule has 0 radical (unpaired) electrons. The van der Waals surface area contributed by atoms with Crippen LogP contribution in [-0.4, -0.2) is 52.4 Å². The van der Waals surface area contributed by atoms with E-state index in [1.807, 2.05) is 32.3 Å². The molecule has 2 N–H and O–H groups in total. The monoisotopic (exact) mass is 369 g/mol. The van der Waals surface area contributed by atoms with Gasteiger partial charge in [0.2, 0.25) is 5.91 Å². The zero-order chi connectivity index (χ0) is 19.0. The largest absolute Gasteiger partial charge is 0.343 e. The fourth-order valence-electron chi connectivity index (χ4n) is 4.30. The summed E-state index contributed by atoms with van der Waals surface area (Å²) in [5.74, 6) is 1.73. The van der Waals surface area contributed by atoms with Crippen LogP contribution in [0.3, 0.4) is 0 Å². The smallest absolute Gasteiger partial charge is 0.239 e. The lowest BCUT2D eigenvalue weighted by atomic mass is 9.84. The lowest BCUT2D eigenvalue weighted by Gasteiger charge is -2.40. The van der Waals surface area contributed by atoms with Crippen LogP contribution in [0, 0.1) is 12.8 Å². The van der Waals surface area contributed by atoms with Crippen LogP contribution in [0.25, 0.3) is 5.52 Å². The minimum absolute atomic E-state index is 0.0935. The third-order valence-corrected chi connectivity index (χ3v) is 6.15. The van der Waals surface area contributed by atoms with Crippen molar-refractivity contribution in [3.05, 3.63) is 35.9 Å². The first-order valence-corrected chi connectivity index (χ1v) is 10.2. The highest BCUT2D eigenvalue weighted by molar-refractivity contribution is 5.83. The van der Waals surface area contributed by atoms with E-state index < -0.39 is 5.54 Å². The van der Waals surface area contributed by atoms with E-state index in [9.17, 15) is 4.79 Å². The predicted molar refractivity (Wildman–Crippen MR) is 107 cm³/mol. The molecule has 1 saturated heterocycles. The number of imidazole rings is 1.